The fourth-order valence-corrected chi connectivity index (χ4v) is 2.26. The Balaban J connectivity index is 2.04. The number of rotatable bonds is 9. The number of likely N-dealkylation sites (N-methyl/N-ethyl adjacent to an activating group) is 1. The van der Waals surface area contributed by atoms with Gasteiger partial charge in [0.25, 0.3) is 0 Å². The van der Waals surface area contributed by atoms with Crippen LogP contribution in [0.2, 0.25) is 0 Å². The maximum Gasteiger partial charge on any atom is 0.222 e. The number of hydrogen-bond donors (Lipinski definition) is 1. The van der Waals surface area contributed by atoms with Crippen LogP contribution in [0.3, 0.4) is 0 Å². The predicted octanol–water partition coefficient (Wildman–Crippen LogP) is 0.124. The van der Waals surface area contributed by atoms with Gasteiger partial charge in [-0.3, -0.25) is 14.5 Å². The molecule has 21 heavy (non-hydrogen) atoms. The summed E-state index contributed by atoms with van der Waals surface area (Å²) in [6, 6.07) is 0. The van der Waals surface area contributed by atoms with E-state index in [-0.39, 0.29) is 17.8 Å². The number of nitrogens with one attached hydrogen (secondary N) is 1. The molecule has 0 bridgehead atoms. The van der Waals surface area contributed by atoms with E-state index >= 15 is 0 Å². The number of Topliss-reactive ketones (excluding diaryl/α,β-unsaturated/α-hetero) is 1. The summed E-state index contributed by atoms with van der Waals surface area (Å²) in [5.41, 5.74) is 0. The molecule has 0 aromatic rings. The largest absolute Gasteiger partial charge is 0.381 e. The van der Waals surface area contributed by atoms with Crippen LogP contribution in [0, 0.1) is 0 Å². The number of piperazine rings is 1. The standard InChI is InChI=1S/C15H29N3O3/c1-13(21-3)11-15(20)16-6-4-5-14(19)12-18-9-7-17(2)8-10-18/h13H,4-12H2,1-3H3,(H,16,20). The van der Waals surface area contributed by atoms with E-state index < -0.39 is 0 Å². The van der Waals surface area contributed by atoms with E-state index in [1.165, 1.54) is 0 Å². The second kappa shape index (κ2) is 9.87. The molecule has 1 rings (SSSR count). The fourth-order valence-electron chi connectivity index (χ4n) is 2.26. The zero-order valence-electron chi connectivity index (χ0n) is 13.6. The van der Waals surface area contributed by atoms with Gasteiger partial charge in [0, 0.05) is 46.3 Å². The van der Waals surface area contributed by atoms with Crippen molar-refractivity contribution in [3.63, 3.8) is 0 Å². The van der Waals surface area contributed by atoms with Gasteiger partial charge < -0.3 is 15.0 Å². The number of methoxy groups -OCH3 is 1. The number of ether oxygens (including phenoxy) is 1. The number of ketones is 1. The smallest absolute Gasteiger partial charge is 0.222 e. The van der Waals surface area contributed by atoms with E-state index in [1.807, 2.05) is 6.92 Å². The number of amides is 1. The van der Waals surface area contributed by atoms with E-state index in [1.54, 1.807) is 7.11 Å². The van der Waals surface area contributed by atoms with Gasteiger partial charge in [-0.05, 0) is 20.4 Å². The Morgan fingerprint density at radius 3 is 2.52 bits per heavy atom. The van der Waals surface area contributed by atoms with Crippen molar-refractivity contribution < 1.29 is 14.3 Å². The summed E-state index contributed by atoms with van der Waals surface area (Å²) in [5.74, 6) is 0.245. The van der Waals surface area contributed by atoms with E-state index in [9.17, 15) is 9.59 Å². The predicted molar refractivity (Wildman–Crippen MR) is 82.3 cm³/mol. The molecule has 1 N–H and O–H groups in total. The molecule has 1 aliphatic rings. The molecule has 1 saturated heterocycles. The third kappa shape index (κ3) is 8.14. The van der Waals surface area contributed by atoms with Crippen molar-refractivity contribution in [3.8, 4) is 0 Å². The summed E-state index contributed by atoms with van der Waals surface area (Å²) >= 11 is 0. The van der Waals surface area contributed by atoms with Gasteiger partial charge in [0.2, 0.25) is 5.91 Å². The molecule has 1 atom stereocenters. The highest BCUT2D eigenvalue weighted by molar-refractivity contribution is 5.80. The molecule has 1 aliphatic heterocycles. The Kier molecular flexibility index (Phi) is 8.49. The molecule has 1 fully saturated rings. The van der Waals surface area contributed by atoms with Crippen molar-refractivity contribution in [2.75, 3.05) is 53.4 Å². The van der Waals surface area contributed by atoms with Crippen LogP contribution < -0.4 is 5.32 Å². The second-order valence-electron chi connectivity index (χ2n) is 5.82. The van der Waals surface area contributed by atoms with Crippen LogP contribution in [0.15, 0.2) is 0 Å². The van der Waals surface area contributed by atoms with Crippen molar-refractivity contribution in [1.82, 2.24) is 15.1 Å². The van der Waals surface area contributed by atoms with Gasteiger partial charge in [0.05, 0.1) is 19.1 Å². The van der Waals surface area contributed by atoms with Crippen LogP contribution in [0.5, 0.6) is 0 Å². The first-order valence-corrected chi connectivity index (χ1v) is 7.73. The summed E-state index contributed by atoms with van der Waals surface area (Å²) in [6.07, 6.45) is 1.54. The molecule has 1 unspecified atom stereocenters. The maximum absolute atomic E-state index is 11.9. The quantitative estimate of drug-likeness (QED) is 0.613. The first-order valence-electron chi connectivity index (χ1n) is 7.73. The van der Waals surface area contributed by atoms with Crippen LogP contribution in [-0.4, -0.2) is 81.0 Å². The minimum Gasteiger partial charge on any atom is -0.381 e. The number of hydrogen-bond acceptors (Lipinski definition) is 5. The third-order valence-electron chi connectivity index (χ3n) is 3.83. The van der Waals surface area contributed by atoms with Crippen LogP contribution >= 0.6 is 0 Å². The molecule has 1 amide bonds. The highest BCUT2D eigenvalue weighted by Gasteiger charge is 2.16. The number of carbonyl (C=O) groups excluding carboxylic acids is 2. The molecule has 122 valence electrons. The average molecular weight is 299 g/mol. The van der Waals surface area contributed by atoms with Crippen LogP contribution in [-0.2, 0) is 14.3 Å². The summed E-state index contributed by atoms with van der Waals surface area (Å²) in [6.45, 7) is 6.95. The molecule has 1 heterocycles. The van der Waals surface area contributed by atoms with E-state index in [4.69, 9.17) is 4.74 Å². The number of carbonyl (C=O) groups is 2. The molecule has 0 aromatic heterocycles. The lowest BCUT2D eigenvalue weighted by Crippen LogP contribution is -2.46. The second-order valence-corrected chi connectivity index (χ2v) is 5.82. The first kappa shape index (κ1) is 18.1. The summed E-state index contributed by atoms with van der Waals surface area (Å²) < 4.78 is 5.03. The Morgan fingerprint density at radius 1 is 1.24 bits per heavy atom. The first-order chi connectivity index (χ1) is 10.0. The van der Waals surface area contributed by atoms with Gasteiger partial charge in [-0.2, -0.15) is 0 Å². The SMILES string of the molecule is COC(C)CC(=O)NCCCC(=O)CN1CCN(C)CC1. The lowest BCUT2D eigenvalue weighted by atomic mass is 10.2. The van der Waals surface area contributed by atoms with Gasteiger partial charge in [-0.25, -0.2) is 0 Å². The maximum atomic E-state index is 11.9. The van der Waals surface area contributed by atoms with Gasteiger partial charge in [-0.15, -0.1) is 0 Å². The molecule has 6 nitrogen and oxygen atoms in total. The van der Waals surface area contributed by atoms with E-state index in [0.29, 0.717) is 32.4 Å². The van der Waals surface area contributed by atoms with Gasteiger partial charge in [0.1, 0.15) is 5.78 Å². The molecule has 0 aliphatic carbocycles. The minimum absolute atomic E-state index is 0.0177. The molecular formula is C15H29N3O3. The lowest BCUT2D eigenvalue weighted by molar-refractivity contribution is -0.124. The topological polar surface area (TPSA) is 61.9 Å². The normalized spacial score (nSPS) is 18.4. The van der Waals surface area contributed by atoms with Crippen LogP contribution in [0.1, 0.15) is 26.2 Å². The molecule has 0 radical (unpaired) electrons. The van der Waals surface area contributed by atoms with Crippen molar-refractivity contribution in [1.29, 1.82) is 0 Å². The highest BCUT2D eigenvalue weighted by atomic mass is 16.5. The monoisotopic (exact) mass is 299 g/mol. The Labute approximate surface area is 127 Å². The van der Waals surface area contributed by atoms with Gasteiger partial charge in [0.15, 0.2) is 0 Å². The summed E-state index contributed by atoms with van der Waals surface area (Å²) in [4.78, 5) is 27.9. The number of nitrogens with zero attached hydrogens (tertiary/aromatic N) is 2. The molecule has 6 heteroatoms. The Hall–Kier alpha value is -0.980. The fraction of sp³-hybridized carbons (Fsp3) is 0.867. The third-order valence-corrected chi connectivity index (χ3v) is 3.83. The van der Waals surface area contributed by atoms with Gasteiger partial charge >= 0.3 is 0 Å². The molecule has 0 aromatic carbocycles. The van der Waals surface area contributed by atoms with Crippen molar-refractivity contribution in [2.45, 2.75) is 32.3 Å². The zero-order chi connectivity index (χ0) is 15.7. The summed E-state index contributed by atoms with van der Waals surface area (Å²) in [5, 5.41) is 2.82. The highest BCUT2D eigenvalue weighted by Crippen LogP contribution is 2.01. The summed E-state index contributed by atoms with van der Waals surface area (Å²) in [7, 11) is 3.70. The minimum atomic E-state index is -0.0659. The van der Waals surface area contributed by atoms with Crippen molar-refractivity contribution in [2.24, 2.45) is 0 Å². The van der Waals surface area contributed by atoms with Crippen LogP contribution in [0.4, 0.5) is 0 Å². The van der Waals surface area contributed by atoms with Crippen molar-refractivity contribution >= 4 is 11.7 Å². The average Bonchev–Trinajstić information content (AvgIpc) is 2.46. The van der Waals surface area contributed by atoms with E-state index in [2.05, 4.69) is 22.2 Å². The van der Waals surface area contributed by atoms with Crippen LogP contribution in [0.25, 0.3) is 0 Å². The van der Waals surface area contributed by atoms with Gasteiger partial charge in [-0.1, -0.05) is 0 Å². The molecular weight excluding hydrogens is 270 g/mol. The molecule has 0 spiro atoms. The Morgan fingerprint density at radius 2 is 1.90 bits per heavy atom. The van der Waals surface area contributed by atoms with Crippen molar-refractivity contribution in [3.05, 3.63) is 0 Å². The van der Waals surface area contributed by atoms with E-state index in [0.717, 1.165) is 26.2 Å². The Bertz CT molecular complexity index is 328. The molecule has 0 saturated carbocycles. The lowest BCUT2D eigenvalue weighted by Gasteiger charge is -2.31. The zero-order valence-corrected chi connectivity index (χ0v) is 13.6.